The van der Waals surface area contributed by atoms with Crippen molar-refractivity contribution in [2.24, 2.45) is 11.7 Å². The number of ether oxygens (including phenoxy) is 1. The fourth-order valence-corrected chi connectivity index (χ4v) is 4.25. The van der Waals surface area contributed by atoms with Crippen molar-refractivity contribution in [1.29, 1.82) is 5.26 Å². The van der Waals surface area contributed by atoms with Crippen molar-refractivity contribution in [3.63, 3.8) is 0 Å². The second-order valence-electron chi connectivity index (χ2n) is 7.28. The molecule has 1 aromatic rings. The molecule has 30 heavy (non-hydrogen) atoms. The summed E-state index contributed by atoms with van der Waals surface area (Å²) >= 11 is 1.15. The number of hydrogen-bond acceptors (Lipinski definition) is 6. The van der Waals surface area contributed by atoms with Gasteiger partial charge in [0, 0.05) is 25.4 Å². The van der Waals surface area contributed by atoms with Gasteiger partial charge < -0.3 is 15.4 Å². The Balaban J connectivity index is 1.70. The minimum Gasteiger partial charge on any atom is -0.442 e. The first kappa shape index (κ1) is 21.8. The number of piperidine rings is 1. The molecule has 2 N–H and O–H groups in total. The summed E-state index contributed by atoms with van der Waals surface area (Å²) in [4.78, 5) is 26.9. The Morgan fingerprint density at radius 2 is 2.27 bits per heavy atom. The van der Waals surface area contributed by atoms with E-state index in [1.807, 2.05) is 11.8 Å². The number of urea groups is 1. The third kappa shape index (κ3) is 4.62. The molecular formula is C20H24FN5O3S. The Kier molecular flexibility index (Phi) is 6.72. The molecule has 2 aliphatic heterocycles. The lowest BCUT2D eigenvalue weighted by atomic mass is 9.92. The highest BCUT2D eigenvalue weighted by atomic mass is 32.2. The Hall–Kier alpha value is -2.93. The smallest absolute Gasteiger partial charge is 0.414 e. The first-order valence-electron chi connectivity index (χ1n) is 9.56. The van der Waals surface area contributed by atoms with Crippen LogP contribution >= 0.6 is 11.9 Å². The Bertz CT molecular complexity index is 903. The first-order chi connectivity index (χ1) is 14.3. The number of allylic oxidation sites excluding steroid dienone is 1. The van der Waals surface area contributed by atoms with Gasteiger partial charge in [-0.2, -0.15) is 5.26 Å². The number of amides is 3. The lowest BCUT2D eigenvalue weighted by Crippen LogP contribution is -2.37. The van der Waals surface area contributed by atoms with Crippen LogP contribution in [0.15, 0.2) is 29.8 Å². The molecule has 0 bridgehead atoms. The molecule has 1 aromatic carbocycles. The van der Waals surface area contributed by atoms with Crippen LogP contribution < -0.4 is 15.5 Å². The van der Waals surface area contributed by atoms with E-state index < -0.39 is 24.0 Å². The summed E-state index contributed by atoms with van der Waals surface area (Å²) in [7, 11) is 0. The van der Waals surface area contributed by atoms with Crippen molar-refractivity contribution in [3.05, 3.63) is 35.7 Å². The summed E-state index contributed by atoms with van der Waals surface area (Å²) in [5, 5.41) is 8.86. The molecule has 8 nitrogen and oxygen atoms in total. The normalized spacial score (nSPS) is 22.7. The number of halogens is 1. The number of cyclic esters (lactones) is 1. The maximum absolute atomic E-state index is 14.9. The quantitative estimate of drug-likeness (QED) is 0.565. The molecule has 2 saturated heterocycles. The third-order valence-electron chi connectivity index (χ3n) is 5.34. The van der Waals surface area contributed by atoms with Crippen LogP contribution in [-0.2, 0) is 4.74 Å². The zero-order valence-corrected chi connectivity index (χ0v) is 17.7. The molecular weight excluding hydrogens is 409 g/mol. The van der Waals surface area contributed by atoms with Crippen LogP contribution in [0.2, 0.25) is 0 Å². The standard InChI is InChI=1S/C20H24FN5O3S/c1-13-10-24(8-6-14(13)5-7-22)18-4-3-15(9-17(18)21)25-11-16(29-20(25)28)12-26(30-2)19(23)27/h3-5,9,13,16H,6,8,10-12H2,1-2H3,(H2,23,27). The number of anilines is 2. The van der Waals surface area contributed by atoms with E-state index in [-0.39, 0.29) is 19.0 Å². The van der Waals surface area contributed by atoms with E-state index in [0.717, 1.165) is 17.5 Å². The highest BCUT2D eigenvalue weighted by Crippen LogP contribution is 2.32. The third-order valence-corrected chi connectivity index (χ3v) is 6.11. The molecule has 2 fully saturated rings. The highest BCUT2D eigenvalue weighted by Gasteiger charge is 2.35. The Labute approximate surface area is 179 Å². The maximum atomic E-state index is 14.9. The number of benzene rings is 1. The fourth-order valence-electron chi connectivity index (χ4n) is 3.75. The number of carbonyl (C=O) groups is 2. The number of primary amides is 1. The Morgan fingerprint density at radius 1 is 1.50 bits per heavy atom. The fraction of sp³-hybridized carbons (Fsp3) is 0.450. The van der Waals surface area contributed by atoms with Gasteiger partial charge in [0.1, 0.15) is 11.9 Å². The Morgan fingerprint density at radius 3 is 2.87 bits per heavy atom. The second-order valence-corrected chi connectivity index (χ2v) is 8.09. The molecule has 0 aromatic heterocycles. The molecule has 0 aliphatic carbocycles. The van der Waals surface area contributed by atoms with Gasteiger partial charge in [0.2, 0.25) is 0 Å². The number of rotatable bonds is 5. The lowest BCUT2D eigenvalue weighted by Gasteiger charge is -2.34. The van der Waals surface area contributed by atoms with E-state index in [1.165, 1.54) is 15.3 Å². The van der Waals surface area contributed by atoms with Crippen molar-refractivity contribution in [1.82, 2.24) is 4.31 Å². The predicted octanol–water partition coefficient (Wildman–Crippen LogP) is 3.11. The number of nitrogens with two attached hydrogens (primary N) is 1. The van der Waals surface area contributed by atoms with Crippen molar-refractivity contribution in [2.45, 2.75) is 19.4 Å². The van der Waals surface area contributed by atoms with Crippen LogP contribution in [0.4, 0.5) is 25.4 Å². The highest BCUT2D eigenvalue weighted by molar-refractivity contribution is 7.96. The topological polar surface area (TPSA) is 103 Å². The van der Waals surface area contributed by atoms with Crippen LogP contribution in [0.1, 0.15) is 13.3 Å². The molecule has 2 atom stereocenters. The van der Waals surface area contributed by atoms with Crippen LogP contribution in [-0.4, -0.2) is 55.0 Å². The molecule has 0 radical (unpaired) electrons. The van der Waals surface area contributed by atoms with Gasteiger partial charge in [-0.1, -0.05) is 12.5 Å². The summed E-state index contributed by atoms with van der Waals surface area (Å²) in [5.74, 6) is -0.261. The summed E-state index contributed by atoms with van der Waals surface area (Å²) in [6, 6.07) is 6.13. The molecule has 2 aliphatic rings. The molecule has 2 heterocycles. The van der Waals surface area contributed by atoms with Crippen LogP contribution in [0.25, 0.3) is 0 Å². The zero-order chi connectivity index (χ0) is 21.8. The number of nitrogens with zero attached hydrogens (tertiary/aromatic N) is 4. The summed E-state index contributed by atoms with van der Waals surface area (Å²) < 4.78 is 21.5. The van der Waals surface area contributed by atoms with E-state index in [1.54, 1.807) is 24.5 Å². The van der Waals surface area contributed by atoms with E-state index in [4.69, 9.17) is 15.7 Å². The summed E-state index contributed by atoms with van der Waals surface area (Å²) in [6.07, 6.45) is 2.85. The number of carbonyl (C=O) groups excluding carboxylic acids is 2. The van der Waals surface area contributed by atoms with Crippen molar-refractivity contribution >= 4 is 35.4 Å². The average Bonchev–Trinajstić information content (AvgIpc) is 3.07. The van der Waals surface area contributed by atoms with Gasteiger partial charge >= 0.3 is 12.1 Å². The van der Waals surface area contributed by atoms with Gasteiger partial charge in [-0.3, -0.25) is 9.21 Å². The zero-order valence-electron chi connectivity index (χ0n) is 16.9. The monoisotopic (exact) mass is 433 g/mol. The number of hydrogen-bond donors (Lipinski definition) is 1. The van der Waals surface area contributed by atoms with E-state index in [9.17, 15) is 14.0 Å². The SMILES string of the molecule is CSN(CC1CN(c2ccc(N3CCC(=CC#N)C(C)C3)c(F)c2)C(=O)O1)C(N)=O. The van der Waals surface area contributed by atoms with E-state index in [0.29, 0.717) is 30.9 Å². The van der Waals surface area contributed by atoms with Crippen LogP contribution in [0.5, 0.6) is 0 Å². The van der Waals surface area contributed by atoms with Crippen LogP contribution in [0, 0.1) is 23.1 Å². The minimum absolute atomic E-state index is 0.156. The lowest BCUT2D eigenvalue weighted by molar-refractivity contribution is 0.132. The minimum atomic E-state index is -0.615. The molecule has 160 valence electrons. The van der Waals surface area contributed by atoms with Crippen molar-refractivity contribution in [2.75, 3.05) is 42.2 Å². The molecule has 0 saturated carbocycles. The summed E-state index contributed by atoms with van der Waals surface area (Å²) in [5.41, 5.74) is 7.23. The van der Waals surface area contributed by atoms with Crippen molar-refractivity contribution in [3.8, 4) is 6.07 Å². The van der Waals surface area contributed by atoms with E-state index in [2.05, 4.69) is 6.07 Å². The van der Waals surface area contributed by atoms with Crippen LogP contribution in [0.3, 0.4) is 0 Å². The van der Waals surface area contributed by atoms with E-state index >= 15 is 0 Å². The second kappa shape index (κ2) is 9.26. The maximum Gasteiger partial charge on any atom is 0.414 e. The average molecular weight is 434 g/mol. The summed E-state index contributed by atoms with van der Waals surface area (Å²) in [6.45, 7) is 3.62. The van der Waals surface area contributed by atoms with Gasteiger partial charge in [0.15, 0.2) is 0 Å². The van der Waals surface area contributed by atoms with Gasteiger partial charge in [-0.15, -0.1) is 0 Å². The van der Waals surface area contributed by atoms with Gasteiger partial charge in [-0.05, 0) is 42.5 Å². The van der Waals surface area contributed by atoms with Gasteiger partial charge in [0.25, 0.3) is 0 Å². The molecule has 2 unspecified atom stereocenters. The predicted molar refractivity (Wildman–Crippen MR) is 114 cm³/mol. The molecule has 3 amide bonds. The van der Waals surface area contributed by atoms with Crippen molar-refractivity contribution < 1.29 is 18.7 Å². The van der Waals surface area contributed by atoms with Gasteiger partial charge in [-0.25, -0.2) is 14.0 Å². The first-order valence-corrected chi connectivity index (χ1v) is 10.7. The largest absolute Gasteiger partial charge is 0.442 e. The van der Waals surface area contributed by atoms with Gasteiger partial charge in [0.05, 0.1) is 30.5 Å². The molecule has 3 rings (SSSR count). The molecule has 10 heteroatoms. The number of nitriles is 1. The molecule has 0 spiro atoms.